The van der Waals surface area contributed by atoms with E-state index in [4.69, 9.17) is 18.9 Å². The Morgan fingerprint density at radius 1 is 0.633 bits per heavy atom. The van der Waals surface area contributed by atoms with Crippen LogP contribution in [0.15, 0.2) is 64.6 Å². The Hall–Kier alpha value is -3.87. The third kappa shape index (κ3) is 5.14. The molecule has 0 bridgehead atoms. The molecule has 0 amide bonds. The first-order valence-electron chi connectivity index (χ1n) is 9.16. The minimum absolute atomic E-state index is 0.532. The van der Waals surface area contributed by atoms with Crippen LogP contribution in [0.25, 0.3) is 0 Å². The Kier molecular flexibility index (Phi) is 7.00. The van der Waals surface area contributed by atoms with E-state index in [1.54, 1.807) is 65.1 Å². The van der Waals surface area contributed by atoms with E-state index in [2.05, 4.69) is 15.0 Å². The van der Waals surface area contributed by atoms with Gasteiger partial charge in [-0.3, -0.25) is 0 Å². The summed E-state index contributed by atoms with van der Waals surface area (Å²) in [5.41, 5.74) is 1.63. The van der Waals surface area contributed by atoms with Crippen molar-refractivity contribution in [3.05, 3.63) is 65.7 Å². The molecule has 0 aliphatic heterocycles. The molecule has 1 aromatic heterocycles. The summed E-state index contributed by atoms with van der Waals surface area (Å²) in [5.74, 6) is 3.83. The highest BCUT2D eigenvalue weighted by molar-refractivity contribution is 5.86. The second-order valence-corrected chi connectivity index (χ2v) is 6.09. The lowest BCUT2D eigenvalue weighted by Crippen LogP contribution is -1.93. The van der Waals surface area contributed by atoms with Crippen LogP contribution >= 0.6 is 0 Å². The summed E-state index contributed by atoms with van der Waals surface area (Å²) in [6.45, 7) is 0. The van der Waals surface area contributed by atoms with Crippen molar-refractivity contribution in [1.29, 1.82) is 0 Å². The third-order valence-electron chi connectivity index (χ3n) is 4.27. The summed E-state index contributed by atoms with van der Waals surface area (Å²) in [5, 5.41) is 0. The molecule has 0 saturated heterocycles. The van der Waals surface area contributed by atoms with Crippen molar-refractivity contribution in [3.63, 3.8) is 0 Å². The summed E-state index contributed by atoms with van der Waals surface area (Å²) in [4.78, 5) is 13.3. The fraction of sp³-hybridized carbons (Fsp3) is 0.174. The minimum atomic E-state index is 0.532. The molecule has 3 aromatic rings. The van der Waals surface area contributed by atoms with Crippen LogP contribution in [-0.2, 0) is 0 Å². The largest absolute Gasteiger partial charge is 0.497 e. The van der Waals surface area contributed by atoms with Gasteiger partial charge < -0.3 is 18.9 Å². The highest BCUT2D eigenvalue weighted by Gasteiger charge is 2.04. The van der Waals surface area contributed by atoms with E-state index >= 15 is 0 Å². The van der Waals surface area contributed by atoms with Crippen molar-refractivity contribution in [2.75, 3.05) is 28.4 Å². The fourth-order valence-corrected chi connectivity index (χ4v) is 2.68. The lowest BCUT2D eigenvalue weighted by Gasteiger charge is -2.07. The lowest BCUT2D eigenvalue weighted by molar-refractivity contribution is 0.393. The molecule has 0 aliphatic carbocycles. The molecule has 0 saturated carbocycles. The second-order valence-electron chi connectivity index (χ2n) is 6.09. The van der Waals surface area contributed by atoms with Crippen molar-refractivity contribution in [3.8, 4) is 23.0 Å². The van der Waals surface area contributed by atoms with Crippen LogP contribution in [-0.4, -0.2) is 45.9 Å². The zero-order chi connectivity index (χ0) is 21.3. The van der Waals surface area contributed by atoms with E-state index in [1.807, 2.05) is 30.3 Å². The molecule has 0 N–H and O–H groups in total. The Bertz CT molecular complexity index is 983. The molecular weight excluding hydrogens is 382 g/mol. The number of benzene rings is 2. The van der Waals surface area contributed by atoms with E-state index in [-0.39, 0.29) is 0 Å². The van der Waals surface area contributed by atoms with Gasteiger partial charge in [-0.15, -0.1) is 0 Å². The molecule has 30 heavy (non-hydrogen) atoms. The van der Waals surface area contributed by atoms with Gasteiger partial charge in [0.05, 0.1) is 28.4 Å². The van der Waals surface area contributed by atoms with Gasteiger partial charge in [-0.25, -0.2) is 15.0 Å². The molecule has 0 atom stereocenters. The molecule has 0 unspecified atom stereocenters. The highest BCUT2D eigenvalue weighted by Crippen LogP contribution is 2.25. The van der Waals surface area contributed by atoms with Gasteiger partial charge in [0, 0.05) is 35.7 Å². The molecule has 0 fully saturated rings. The van der Waals surface area contributed by atoms with E-state index < -0.39 is 0 Å². The smallest absolute Gasteiger partial charge is 0.154 e. The maximum atomic E-state index is 5.39. The normalized spacial score (nSPS) is 11.1. The predicted molar refractivity (Wildman–Crippen MR) is 118 cm³/mol. The molecule has 154 valence electrons. The maximum Gasteiger partial charge on any atom is 0.154 e. The predicted octanol–water partition coefficient (Wildman–Crippen LogP) is 4.62. The standard InChI is InChI=1S/C23H23N3O4/c1-27-18-10-8-16(20(12-18)29-3)14-24-22-6-5-7-23(26-22)25-15-17-9-11-19(28-2)13-21(17)30-4/h5-15H,1-4H3/b24-14+,25-15?. The number of hydrogen-bond acceptors (Lipinski definition) is 7. The zero-order valence-corrected chi connectivity index (χ0v) is 17.3. The van der Waals surface area contributed by atoms with Crippen molar-refractivity contribution in [1.82, 2.24) is 4.98 Å². The number of aliphatic imine (C=N–C) groups is 2. The SMILES string of the molecule is COc1ccc(C=Nc2cccc(/N=C/c3ccc(OC)cc3OC)n2)c(OC)c1. The summed E-state index contributed by atoms with van der Waals surface area (Å²) >= 11 is 0. The van der Waals surface area contributed by atoms with Gasteiger partial charge in [0.25, 0.3) is 0 Å². The highest BCUT2D eigenvalue weighted by atomic mass is 16.5. The first-order valence-corrected chi connectivity index (χ1v) is 9.16. The fourth-order valence-electron chi connectivity index (χ4n) is 2.68. The Morgan fingerprint density at radius 2 is 1.10 bits per heavy atom. The third-order valence-corrected chi connectivity index (χ3v) is 4.27. The Morgan fingerprint density at radius 3 is 1.50 bits per heavy atom. The van der Waals surface area contributed by atoms with Crippen LogP contribution in [0.4, 0.5) is 11.6 Å². The van der Waals surface area contributed by atoms with E-state index in [0.717, 1.165) is 11.1 Å². The average Bonchev–Trinajstić information content (AvgIpc) is 2.81. The van der Waals surface area contributed by atoms with E-state index in [9.17, 15) is 0 Å². The average molecular weight is 405 g/mol. The topological polar surface area (TPSA) is 74.5 Å². The summed E-state index contributed by atoms with van der Waals surface area (Å²) < 4.78 is 21.2. The monoisotopic (exact) mass is 405 g/mol. The van der Waals surface area contributed by atoms with Crippen LogP contribution in [0.3, 0.4) is 0 Å². The van der Waals surface area contributed by atoms with Gasteiger partial charge in [-0.1, -0.05) is 6.07 Å². The molecule has 7 heteroatoms. The summed E-state index contributed by atoms with van der Waals surface area (Å²) in [6, 6.07) is 16.5. The molecule has 2 aromatic carbocycles. The molecular formula is C23H23N3O4. The summed E-state index contributed by atoms with van der Waals surface area (Å²) in [7, 11) is 6.43. The molecule has 0 aliphatic rings. The molecule has 0 radical (unpaired) electrons. The number of aromatic nitrogens is 1. The van der Waals surface area contributed by atoms with Crippen molar-refractivity contribution < 1.29 is 18.9 Å². The number of rotatable bonds is 8. The molecule has 1 heterocycles. The number of hydrogen-bond donors (Lipinski definition) is 0. The van der Waals surface area contributed by atoms with Crippen molar-refractivity contribution >= 4 is 24.1 Å². The van der Waals surface area contributed by atoms with Crippen LogP contribution in [0.5, 0.6) is 23.0 Å². The van der Waals surface area contributed by atoms with Crippen LogP contribution in [0.2, 0.25) is 0 Å². The quantitative estimate of drug-likeness (QED) is 0.511. The first kappa shape index (κ1) is 20.9. The van der Waals surface area contributed by atoms with Gasteiger partial charge in [-0.2, -0.15) is 0 Å². The Labute approximate surface area is 175 Å². The van der Waals surface area contributed by atoms with Gasteiger partial charge in [-0.05, 0) is 36.4 Å². The number of ether oxygens (including phenoxy) is 4. The first-order chi connectivity index (χ1) is 14.7. The van der Waals surface area contributed by atoms with Crippen LogP contribution in [0.1, 0.15) is 11.1 Å². The van der Waals surface area contributed by atoms with Crippen molar-refractivity contribution in [2.24, 2.45) is 9.98 Å². The summed E-state index contributed by atoms with van der Waals surface area (Å²) in [6.07, 6.45) is 3.39. The van der Waals surface area contributed by atoms with Crippen LogP contribution in [0, 0.1) is 0 Å². The van der Waals surface area contributed by atoms with Crippen molar-refractivity contribution in [2.45, 2.75) is 0 Å². The number of pyridine rings is 1. The second kappa shape index (κ2) is 10.1. The molecule has 0 spiro atoms. The Balaban J connectivity index is 1.80. The lowest BCUT2D eigenvalue weighted by atomic mass is 10.2. The molecule has 7 nitrogen and oxygen atoms in total. The zero-order valence-electron chi connectivity index (χ0n) is 17.3. The maximum absolute atomic E-state index is 5.39. The number of methoxy groups -OCH3 is 4. The molecule has 3 rings (SSSR count). The van der Waals surface area contributed by atoms with E-state index in [0.29, 0.717) is 34.6 Å². The van der Waals surface area contributed by atoms with Gasteiger partial charge in [0.2, 0.25) is 0 Å². The van der Waals surface area contributed by atoms with Crippen LogP contribution < -0.4 is 18.9 Å². The van der Waals surface area contributed by atoms with Gasteiger partial charge >= 0.3 is 0 Å². The van der Waals surface area contributed by atoms with Gasteiger partial charge in [0.1, 0.15) is 23.0 Å². The minimum Gasteiger partial charge on any atom is -0.497 e. The number of nitrogens with zero attached hydrogens (tertiary/aromatic N) is 3. The van der Waals surface area contributed by atoms with E-state index in [1.165, 1.54) is 0 Å². The van der Waals surface area contributed by atoms with Gasteiger partial charge in [0.15, 0.2) is 11.6 Å².